The van der Waals surface area contributed by atoms with Gasteiger partial charge in [-0.05, 0) is 100 Å². The van der Waals surface area contributed by atoms with Crippen molar-refractivity contribution in [1.82, 2.24) is 79.3 Å². The molecule has 0 radical (unpaired) electrons. The second-order valence-electron chi connectivity index (χ2n) is 28.4. The minimum Gasteiger partial charge on any atom is -0.480 e. The number of aliphatic hydroxyl groups is 5. The quantitative estimate of drug-likeness (QED) is 0.0153. The van der Waals surface area contributed by atoms with E-state index in [2.05, 4.69) is 74.4 Å². The average molecular weight is 1570 g/mol. The van der Waals surface area contributed by atoms with Crippen LogP contribution >= 0.6 is 11.8 Å². The number of aliphatic hydroxyl groups excluding tert-OH is 5. The number of primary amides is 1. The minimum absolute atomic E-state index is 0.00435. The maximum atomic E-state index is 14.2. The van der Waals surface area contributed by atoms with Gasteiger partial charge in [0.25, 0.3) is 0 Å². The van der Waals surface area contributed by atoms with Gasteiger partial charge < -0.3 is 127 Å². The minimum atomic E-state index is -2.01. The summed E-state index contributed by atoms with van der Waals surface area (Å²) in [5.41, 5.74) is 16.9. The second-order valence-corrected chi connectivity index (χ2v) is 29.3. The second kappa shape index (κ2) is 49.1. The molecule has 0 unspecified atom stereocenters. The molecule has 15 amide bonds. The predicted octanol–water partition coefficient (Wildman–Crippen LogP) is -8.60. The monoisotopic (exact) mass is 1570 g/mol. The van der Waals surface area contributed by atoms with Crippen LogP contribution in [0, 0.1) is 35.0 Å². The van der Waals surface area contributed by atoms with E-state index in [0.29, 0.717) is 12.8 Å². The highest BCUT2D eigenvalue weighted by Gasteiger charge is 2.42. The number of nitrogens with two attached hydrogens (primary N) is 3. The van der Waals surface area contributed by atoms with Gasteiger partial charge >= 0.3 is 5.97 Å². The molecule has 17 atom stereocenters. The summed E-state index contributed by atoms with van der Waals surface area (Å²) in [6.07, 6.45) is -1.80. The molecule has 620 valence electrons. The van der Waals surface area contributed by atoms with Crippen molar-refractivity contribution in [1.29, 1.82) is 5.41 Å². The van der Waals surface area contributed by atoms with Gasteiger partial charge in [0, 0.05) is 13.1 Å². The molecule has 1 heterocycles. The molecular weight excluding hydrogens is 1450 g/mol. The van der Waals surface area contributed by atoms with Crippen LogP contribution in [0.3, 0.4) is 0 Å². The SMILES string of the molecule is CC[C@H](C)[C@H](N)C(=O)N[C@@H](CC(C)C)C(=O)N[C@@H](CC(N)=O)C(=O)NCC(=O)N[C@@H](CO)C(=O)N[C@H](C(=O)N[C@@H](CCSC)C(=O)N[C@H](C(=O)N[C@@H](CO)C(=O)N[C@H](C(=O)N[C@H](C(=O)N[C@@H](CCCNC(=N)N)C(=O)N[C@@H](CC(C)C)C(=O)N1CCC[C@H]1C(=O)N[C@@H](CO)C(=O)O)[C@@H](C)O)[C@@H](C)O)C(C)C)C(C)C. The Balaban J connectivity index is 3.35. The molecule has 0 saturated carbocycles. The number of hydrogen-bond donors (Lipinski definition) is 24. The van der Waals surface area contributed by atoms with Crippen LogP contribution < -0.4 is 91.6 Å². The molecule has 0 aromatic heterocycles. The van der Waals surface area contributed by atoms with E-state index in [4.69, 9.17) is 22.6 Å². The van der Waals surface area contributed by atoms with Crippen molar-refractivity contribution in [3.05, 3.63) is 0 Å². The van der Waals surface area contributed by atoms with Crippen molar-refractivity contribution >= 4 is 112 Å². The van der Waals surface area contributed by atoms with Gasteiger partial charge in [0.1, 0.15) is 78.5 Å². The van der Waals surface area contributed by atoms with Crippen molar-refractivity contribution in [2.75, 3.05) is 51.5 Å². The van der Waals surface area contributed by atoms with Gasteiger partial charge in [0.05, 0.1) is 51.0 Å². The third kappa shape index (κ3) is 34.2. The molecular formula is C67H119N19O22S. The first kappa shape index (κ1) is 97.9. The summed E-state index contributed by atoms with van der Waals surface area (Å²) in [5, 5.41) is 102. The van der Waals surface area contributed by atoms with Gasteiger partial charge in [-0.3, -0.25) is 77.3 Å². The molecule has 0 spiro atoms. The Morgan fingerprint density at radius 3 is 1.37 bits per heavy atom. The van der Waals surface area contributed by atoms with Gasteiger partial charge in [-0.15, -0.1) is 0 Å². The van der Waals surface area contributed by atoms with Gasteiger partial charge in [-0.2, -0.15) is 11.8 Å². The highest BCUT2D eigenvalue weighted by molar-refractivity contribution is 7.98. The van der Waals surface area contributed by atoms with Gasteiger partial charge in [-0.1, -0.05) is 75.7 Å². The number of carboxylic acid groups (broad SMARTS) is 1. The predicted molar refractivity (Wildman–Crippen MR) is 395 cm³/mol. The summed E-state index contributed by atoms with van der Waals surface area (Å²) in [6.45, 7) is 14.7. The molecule has 1 aliphatic heterocycles. The van der Waals surface area contributed by atoms with E-state index < -0.39 is 242 Å². The summed E-state index contributed by atoms with van der Waals surface area (Å²) in [5.74, 6) is -19.0. The normalized spacial score (nSPS) is 17.2. The standard InChI is InChI=1S/C67H119N19O22S/c1-14-34(10)48(69)60(101)78-39(23-30(2)3)56(97)77-40(25-46(68)92)53(94)73-26-47(93)74-42(27-87)57(98)83-49(32(6)7)61(102)76-38(19-22-109-13)55(96)82-50(33(8)9)62(103)80-43(28-88)58(99)84-52(36(12)91)64(105)85-51(35(11)90)63(104)75-37(17-15-20-72-67(70)71)54(95)79-41(24-31(4)5)65(106)86-21-16-18-45(86)59(100)81-44(29-89)66(107)108/h30-45,48-52,87-91H,14-29,69H2,1-13H3,(H2,68,92)(H,73,94)(H,74,93)(H,75,104)(H,76,102)(H,77,97)(H,78,101)(H,79,95)(H,80,103)(H,81,100)(H,82,96)(H,83,98)(H,84,99)(H,85,105)(H,107,108)(H4,70,71,72)/t34-,35+,36+,37-,38-,39-,40-,41-,42-,43-,44-,45-,48-,49-,50-,51-,52-/m0/s1. The number of amides is 15. The Morgan fingerprint density at radius 2 is 0.908 bits per heavy atom. The first-order chi connectivity index (χ1) is 50.9. The number of hydrogen-bond acceptors (Lipinski definition) is 24. The maximum Gasteiger partial charge on any atom is 0.328 e. The number of aliphatic carboxylic acids is 1. The fraction of sp³-hybridized carbons (Fsp3) is 0.746. The molecule has 1 saturated heterocycles. The topological polar surface area (TPSA) is 668 Å². The van der Waals surface area contributed by atoms with Crippen LogP contribution in [0.25, 0.3) is 0 Å². The first-order valence-electron chi connectivity index (χ1n) is 36.2. The third-order valence-corrected chi connectivity index (χ3v) is 18.1. The van der Waals surface area contributed by atoms with Crippen LogP contribution in [-0.4, -0.2) is 284 Å². The number of thioether (sulfide) groups is 1. The van der Waals surface area contributed by atoms with E-state index in [0.717, 1.165) is 13.8 Å². The molecule has 0 aliphatic carbocycles. The number of guanidine groups is 1. The summed E-state index contributed by atoms with van der Waals surface area (Å²) in [6, 6.07) is -21.6. The largest absolute Gasteiger partial charge is 0.480 e. The van der Waals surface area contributed by atoms with E-state index in [1.54, 1.807) is 40.9 Å². The lowest BCUT2D eigenvalue weighted by molar-refractivity contribution is -0.146. The number of nitrogens with zero attached hydrogens (tertiary/aromatic N) is 1. The number of carboxylic acids is 1. The smallest absolute Gasteiger partial charge is 0.328 e. The molecule has 109 heavy (non-hydrogen) atoms. The number of likely N-dealkylation sites (tertiary alicyclic amines) is 1. The Morgan fingerprint density at radius 1 is 0.495 bits per heavy atom. The summed E-state index contributed by atoms with van der Waals surface area (Å²) >= 11 is 1.27. The Labute approximate surface area is 637 Å². The number of rotatable bonds is 50. The number of nitrogens with one attached hydrogen (secondary N) is 15. The van der Waals surface area contributed by atoms with Crippen LogP contribution in [0.5, 0.6) is 0 Å². The molecule has 41 nitrogen and oxygen atoms in total. The van der Waals surface area contributed by atoms with Crippen molar-refractivity contribution < 1.29 is 107 Å². The maximum absolute atomic E-state index is 14.2. The van der Waals surface area contributed by atoms with Crippen molar-refractivity contribution in [2.24, 2.45) is 46.8 Å². The van der Waals surface area contributed by atoms with Crippen LogP contribution in [0.4, 0.5) is 0 Å². The van der Waals surface area contributed by atoms with Crippen LogP contribution in [0.1, 0.15) is 141 Å². The summed E-state index contributed by atoms with van der Waals surface area (Å²) < 4.78 is 0. The molecule has 1 fully saturated rings. The van der Waals surface area contributed by atoms with E-state index in [1.807, 2.05) is 6.92 Å². The Hall–Kier alpha value is -9.10. The lowest BCUT2D eigenvalue weighted by Gasteiger charge is -2.31. The molecule has 42 heteroatoms. The lowest BCUT2D eigenvalue weighted by Crippen LogP contribution is -2.64. The van der Waals surface area contributed by atoms with Crippen molar-refractivity contribution in [3.8, 4) is 0 Å². The van der Waals surface area contributed by atoms with E-state index in [-0.39, 0.29) is 75.1 Å². The molecule has 0 bridgehead atoms. The lowest BCUT2D eigenvalue weighted by atomic mass is 9.97. The van der Waals surface area contributed by atoms with E-state index in [1.165, 1.54) is 44.4 Å². The van der Waals surface area contributed by atoms with Gasteiger partial charge in [0.15, 0.2) is 5.96 Å². The average Bonchev–Trinajstić information content (AvgIpc) is 1.68. The zero-order valence-corrected chi connectivity index (χ0v) is 65.1. The van der Waals surface area contributed by atoms with Crippen molar-refractivity contribution in [3.63, 3.8) is 0 Å². The molecule has 1 rings (SSSR count). The highest BCUT2D eigenvalue weighted by atomic mass is 32.2. The van der Waals surface area contributed by atoms with Gasteiger partial charge in [-0.25, -0.2) is 4.79 Å². The summed E-state index contributed by atoms with van der Waals surface area (Å²) in [7, 11) is 0. The van der Waals surface area contributed by atoms with Gasteiger partial charge in [0.2, 0.25) is 88.6 Å². The third-order valence-electron chi connectivity index (χ3n) is 17.4. The first-order valence-corrected chi connectivity index (χ1v) is 37.5. The fourth-order valence-electron chi connectivity index (χ4n) is 11.0. The zero-order chi connectivity index (χ0) is 83.4. The van der Waals surface area contributed by atoms with E-state index in [9.17, 15) is 107 Å². The molecule has 0 aromatic rings. The molecule has 0 aromatic carbocycles. The van der Waals surface area contributed by atoms with E-state index >= 15 is 0 Å². The molecule has 1 aliphatic rings. The number of carbonyl (C=O) groups is 16. The van der Waals surface area contributed by atoms with Crippen molar-refractivity contribution in [2.45, 2.75) is 238 Å². The van der Waals surface area contributed by atoms with Crippen LogP contribution in [0.15, 0.2) is 0 Å². The number of carbonyl (C=O) groups excluding carboxylic acids is 15. The summed E-state index contributed by atoms with van der Waals surface area (Å²) in [4.78, 5) is 217. The zero-order valence-electron chi connectivity index (χ0n) is 64.2. The Bertz CT molecular complexity index is 3110. The Kier molecular flexibility index (Phi) is 44.1. The fourth-order valence-corrected chi connectivity index (χ4v) is 11.5. The molecule has 27 N–H and O–H groups in total. The van der Waals surface area contributed by atoms with Crippen LogP contribution in [-0.2, 0) is 76.7 Å². The highest BCUT2D eigenvalue weighted by Crippen LogP contribution is 2.22. The van der Waals surface area contributed by atoms with Crippen LogP contribution in [0.2, 0.25) is 0 Å².